The van der Waals surface area contributed by atoms with Crippen molar-refractivity contribution in [1.29, 1.82) is 0 Å². The summed E-state index contributed by atoms with van der Waals surface area (Å²) in [5.41, 5.74) is 1.70. The normalized spacial score (nSPS) is 10.3. The molecule has 0 saturated heterocycles. The molecule has 0 unspecified atom stereocenters. The molecule has 0 aliphatic heterocycles. The minimum absolute atomic E-state index is 0.250. The zero-order chi connectivity index (χ0) is 20.6. The van der Waals surface area contributed by atoms with Crippen molar-refractivity contribution >= 4 is 17.5 Å². The summed E-state index contributed by atoms with van der Waals surface area (Å²) >= 11 is 0. The van der Waals surface area contributed by atoms with Gasteiger partial charge in [0, 0.05) is 24.4 Å². The van der Waals surface area contributed by atoms with Gasteiger partial charge in [0.2, 0.25) is 11.7 Å². The molecule has 8 nitrogen and oxygen atoms in total. The highest BCUT2D eigenvalue weighted by molar-refractivity contribution is 5.66. The van der Waals surface area contributed by atoms with Crippen LogP contribution in [-0.4, -0.2) is 43.1 Å². The predicted octanol–water partition coefficient (Wildman–Crippen LogP) is 3.43. The second kappa shape index (κ2) is 9.54. The summed E-state index contributed by atoms with van der Waals surface area (Å²) in [6.07, 6.45) is 2.21. The second-order valence-corrected chi connectivity index (χ2v) is 6.01. The highest BCUT2D eigenvalue weighted by Crippen LogP contribution is 2.40. The molecule has 0 saturated carbocycles. The van der Waals surface area contributed by atoms with Gasteiger partial charge in [-0.15, -0.1) is 5.10 Å². The van der Waals surface area contributed by atoms with Gasteiger partial charge in [0.1, 0.15) is 5.82 Å². The van der Waals surface area contributed by atoms with Gasteiger partial charge in [0.25, 0.3) is 0 Å². The zero-order valence-corrected chi connectivity index (χ0v) is 16.4. The Balaban J connectivity index is 1.67. The monoisotopic (exact) mass is 399 g/mol. The van der Waals surface area contributed by atoms with E-state index in [0.717, 1.165) is 5.56 Å². The number of nitrogens with zero attached hydrogens (tertiary/aromatic N) is 3. The van der Waals surface area contributed by atoms with Gasteiger partial charge in [0.05, 0.1) is 27.5 Å². The number of rotatable bonds is 9. The summed E-state index contributed by atoms with van der Waals surface area (Å²) in [6, 6.07) is 9.91. The summed E-state index contributed by atoms with van der Waals surface area (Å²) in [4.78, 5) is 4.40. The van der Waals surface area contributed by atoms with Crippen LogP contribution in [0.2, 0.25) is 0 Å². The van der Waals surface area contributed by atoms with Gasteiger partial charge in [-0.05, 0) is 24.1 Å². The molecule has 2 N–H and O–H groups in total. The molecular weight excluding hydrogens is 377 g/mol. The number of anilines is 3. The van der Waals surface area contributed by atoms with Crippen LogP contribution in [0.4, 0.5) is 21.8 Å². The molecule has 0 radical (unpaired) electrons. The Morgan fingerprint density at radius 1 is 0.966 bits per heavy atom. The Hall–Kier alpha value is -3.62. The standard InChI is InChI=1S/C20H22FN5O3/c1-27-16-10-15(11-17(28-2)19(16)29-3)24-18-12-23-26-20(25-18)22-9-8-13-4-6-14(21)7-5-13/h4-7,10-12H,8-9H2,1-3H3,(H2,22,24,25,26). The highest BCUT2D eigenvalue weighted by atomic mass is 19.1. The van der Waals surface area contributed by atoms with Crippen LogP contribution in [0.3, 0.4) is 0 Å². The van der Waals surface area contributed by atoms with Crippen LogP contribution in [-0.2, 0) is 6.42 Å². The van der Waals surface area contributed by atoms with E-state index < -0.39 is 0 Å². The lowest BCUT2D eigenvalue weighted by Crippen LogP contribution is -2.09. The van der Waals surface area contributed by atoms with Crippen LogP contribution in [0.5, 0.6) is 17.2 Å². The van der Waals surface area contributed by atoms with Crippen LogP contribution < -0.4 is 24.8 Å². The van der Waals surface area contributed by atoms with Crippen LogP contribution in [0, 0.1) is 5.82 Å². The Bertz CT molecular complexity index is 928. The summed E-state index contributed by atoms with van der Waals surface area (Å²) in [5.74, 6) is 2.18. The first-order valence-corrected chi connectivity index (χ1v) is 8.88. The smallest absolute Gasteiger partial charge is 0.244 e. The summed E-state index contributed by atoms with van der Waals surface area (Å²) in [7, 11) is 4.65. The number of hydrogen-bond donors (Lipinski definition) is 2. The van der Waals surface area contributed by atoms with Crippen molar-refractivity contribution in [3.8, 4) is 17.2 Å². The lowest BCUT2D eigenvalue weighted by atomic mass is 10.1. The van der Waals surface area contributed by atoms with Crippen molar-refractivity contribution in [2.75, 3.05) is 38.5 Å². The van der Waals surface area contributed by atoms with Gasteiger partial charge in [-0.25, -0.2) is 4.39 Å². The number of halogens is 1. The van der Waals surface area contributed by atoms with E-state index in [4.69, 9.17) is 14.2 Å². The summed E-state index contributed by atoms with van der Waals surface area (Å²) in [6.45, 7) is 0.584. The number of aromatic nitrogens is 3. The van der Waals surface area contributed by atoms with E-state index >= 15 is 0 Å². The number of nitrogens with one attached hydrogen (secondary N) is 2. The van der Waals surface area contributed by atoms with E-state index in [1.807, 2.05) is 0 Å². The highest BCUT2D eigenvalue weighted by Gasteiger charge is 2.13. The molecule has 29 heavy (non-hydrogen) atoms. The van der Waals surface area contributed by atoms with E-state index in [0.29, 0.717) is 47.7 Å². The zero-order valence-electron chi connectivity index (χ0n) is 16.4. The van der Waals surface area contributed by atoms with E-state index in [2.05, 4.69) is 25.8 Å². The van der Waals surface area contributed by atoms with Crippen molar-refractivity contribution in [2.24, 2.45) is 0 Å². The van der Waals surface area contributed by atoms with Gasteiger partial charge < -0.3 is 24.8 Å². The fourth-order valence-corrected chi connectivity index (χ4v) is 2.71. The largest absolute Gasteiger partial charge is 0.493 e. The fourth-order valence-electron chi connectivity index (χ4n) is 2.71. The maximum Gasteiger partial charge on any atom is 0.244 e. The second-order valence-electron chi connectivity index (χ2n) is 6.01. The van der Waals surface area contributed by atoms with Crippen molar-refractivity contribution < 1.29 is 18.6 Å². The molecule has 0 aliphatic rings. The molecule has 0 bridgehead atoms. The number of hydrogen-bond acceptors (Lipinski definition) is 8. The van der Waals surface area contributed by atoms with E-state index in [-0.39, 0.29) is 5.82 Å². The van der Waals surface area contributed by atoms with Crippen LogP contribution in [0.1, 0.15) is 5.56 Å². The fraction of sp³-hybridized carbons (Fsp3) is 0.250. The average molecular weight is 399 g/mol. The lowest BCUT2D eigenvalue weighted by Gasteiger charge is -2.15. The minimum Gasteiger partial charge on any atom is -0.493 e. The predicted molar refractivity (Wildman–Crippen MR) is 108 cm³/mol. The molecule has 0 aliphatic carbocycles. The molecule has 0 spiro atoms. The number of methoxy groups -OCH3 is 3. The molecule has 152 valence electrons. The third kappa shape index (κ3) is 5.22. The third-order valence-electron chi connectivity index (χ3n) is 4.11. The lowest BCUT2D eigenvalue weighted by molar-refractivity contribution is 0.324. The number of ether oxygens (including phenoxy) is 3. The Kier molecular flexibility index (Phi) is 6.62. The van der Waals surface area contributed by atoms with Gasteiger partial charge >= 0.3 is 0 Å². The van der Waals surface area contributed by atoms with E-state index in [1.165, 1.54) is 18.3 Å². The van der Waals surface area contributed by atoms with E-state index in [9.17, 15) is 4.39 Å². The summed E-state index contributed by atoms with van der Waals surface area (Å²) in [5, 5.41) is 14.2. The Labute approximate surface area is 168 Å². The Morgan fingerprint density at radius 2 is 1.66 bits per heavy atom. The molecule has 1 heterocycles. The SMILES string of the molecule is COc1cc(Nc2cnnc(NCCc3ccc(F)cc3)n2)cc(OC)c1OC. The molecule has 3 aromatic rings. The van der Waals surface area contributed by atoms with Gasteiger partial charge in [-0.1, -0.05) is 12.1 Å². The minimum atomic E-state index is -0.250. The first-order valence-electron chi connectivity index (χ1n) is 8.88. The average Bonchev–Trinajstić information content (AvgIpc) is 2.74. The molecular formula is C20H22FN5O3. The van der Waals surface area contributed by atoms with E-state index in [1.54, 1.807) is 45.6 Å². The topological polar surface area (TPSA) is 90.4 Å². The first-order chi connectivity index (χ1) is 14.1. The van der Waals surface area contributed by atoms with Crippen LogP contribution in [0.25, 0.3) is 0 Å². The molecule has 9 heteroatoms. The molecule has 3 rings (SSSR count). The third-order valence-corrected chi connectivity index (χ3v) is 4.11. The molecule has 0 atom stereocenters. The molecule has 2 aromatic carbocycles. The maximum absolute atomic E-state index is 13.0. The summed E-state index contributed by atoms with van der Waals surface area (Å²) < 4.78 is 29.0. The van der Waals surface area contributed by atoms with Crippen molar-refractivity contribution in [2.45, 2.75) is 6.42 Å². The van der Waals surface area contributed by atoms with Crippen molar-refractivity contribution in [3.05, 3.63) is 54.0 Å². The molecule has 1 aromatic heterocycles. The Morgan fingerprint density at radius 3 is 2.28 bits per heavy atom. The molecule has 0 amide bonds. The van der Waals surface area contributed by atoms with Crippen molar-refractivity contribution in [1.82, 2.24) is 15.2 Å². The van der Waals surface area contributed by atoms with Crippen molar-refractivity contribution in [3.63, 3.8) is 0 Å². The van der Waals surface area contributed by atoms with Gasteiger partial charge in [-0.3, -0.25) is 0 Å². The van der Waals surface area contributed by atoms with Crippen LogP contribution in [0.15, 0.2) is 42.6 Å². The van der Waals surface area contributed by atoms with Gasteiger partial charge in [-0.2, -0.15) is 10.1 Å². The number of benzene rings is 2. The first kappa shape index (κ1) is 20.1. The van der Waals surface area contributed by atoms with Crippen LogP contribution >= 0.6 is 0 Å². The van der Waals surface area contributed by atoms with Gasteiger partial charge in [0.15, 0.2) is 17.3 Å². The quantitative estimate of drug-likeness (QED) is 0.566. The maximum atomic E-state index is 13.0. The molecule has 0 fully saturated rings.